The Hall–Kier alpha value is -0.600. The third-order valence-corrected chi connectivity index (χ3v) is 2.43. The molecule has 0 saturated carbocycles. The molecular formula is C13H26N2. The van der Waals surface area contributed by atoms with E-state index in [1.807, 2.05) is 19.2 Å². The van der Waals surface area contributed by atoms with E-state index in [1.54, 1.807) is 0 Å². The quantitative estimate of drug-likeness (QED) is 0.416. The lowest BCUT2D eigenvalue weighted by Crippen LogP contribution is -2.25. The van der Waals surface area contributed by atoms with Gasteiger partial charge in [-0.1, -0.05) is 25.0 Å². The average molecular weight is 210 g/mol. The van der Waals surface area contributed by atoms with Crippen molar-refractivity contribution in [3.8, 4) is 0 Å². The van der Waals surface area contributed by atoms with Crippen LogP contribution in [0.2, 0.25) is 0 Å². The van der Waals surface area contributed by atoms with Crippen molar-refractivity contribution in [3.63, 3.8) is 0 Å². The lowest BCUT2D eigenvalue weighted by molar-refractivity contribution is 0.324. The molecule has 0 rings (SSSR count). The van der Waals surface area contributed by atoms with Crippen LogP contribution in [0, 0.1) is 0 Å². The van der Waals surface area contributed by atoms with Gasteiger partial charge in [-0.15, -0.1) is 13.2 Å². The molecule has 0 bridgehead atoms. The first-order valence-corrected chi connectivity index (χ1v) is 5.94. The van der Waals surface area contributed by atoms with Crippen LogP contribution in [0.4, 0.5) is 0 Å². The van der Waals surface area contributed by atoms with Crippen LogP contribution in [-0.2, 0) is 0 Å². The highest BCUT2D eigenvalue weighted by atomic mass is 15.1. The predicted molar refractivity (Wildman–Crippen MR) is 69.2 cm³/mol. The van der Waals surface area contributed by atoms with Crippen LogP contribution in [-0.4, -0.2) is 38.1 Å². The molecule has 0 aromatic heterocycles. The van der Waals surface area contributed by atoms with Crippen molar-refractivity contribution in [3.05, 3.63) is 25.3 Å². The van der Waals surface area contributed by atoms with Crippen molar-refractivity contribution < 1.29 is 0 Å². The summed E-state index contributed by atoms with van der Waals surface area (Å²) in [6.45, 7) is 11.8. The van der Waals surface area contributed by atoms with Gasteiger partial charge in [0.2, 0.25) is 0 Å². The number of rotatable bonds is 11. The maximum absolute atomic E-state index is 3.77. The molecule has 2 heteroatoms. The topological polar surface area (TPSA) is 15.3 Å². The van der Waals surface area contributed by atoms with Crippen LogP contribution in [0.15, 0.2) is 25.3 Å². The highest BCUT2D eigenvalue weighted by molar-refractivity contribution is 4.79. The molecule has 1 N–H and O–H groups in total. The zero-order chi connectivity index (χ0) is 11.4. The molecule has 0 aliphatic carbocycles. The van der Waals surface area contributed by atoms with Crippen molar-refractivity contribution in [2.45, 2.75) is 25.7 Å². The first kappa shape index (κ1) is 14.4. The Morgan fingerprint density at radius 2 is 1.60 bits per heavy atom. The fourth-order valence-electron chi connectivity index (χ4n) is 1.61. The van der Waals surface area contributed by atoms with E-state index >= 15 is 0 Å². The van der Waals surface area contributed by atoms with Gasteiger partial charge < -0.3 is 5.32 Å². The molecule has 88 valence electrons. The largest absolute Gasteiger partial charge is 0.320 e. The molecule has 0 aromatic carbocycles. The standard InChI is InChI=1S/C13H26N2/c1-4-11-15(12-5-2)13-9-7-6-8-10-14-3/h4-5,14H,1-2,6-13H2,3H3. The van der Waals surface area contributed by atoms with E-state index in [2.05, 4.69) is 23.4 Å². The second kappa shape index (κ2) is 11.5. The van der Waals surface area contributed by atoms with Crippen molar-refractivity contribution in [1.82, 2.24) is 10.2 Å². The maximum Gasteiger partial charge on any atom is 0.0163 e. The van der Waals surface area contributed by atoms with Gasteiger partial charge in [0.25, 0.3) is 0 Å². The molecule has 2 nitrogen and oxygen atoms in total. The maximum atomic E-state index is 3.77. The van der Waals surface area contributed by atoms with Crippen LogP contribution in [0.3, 0.4) is 0 Å². The van der Waals surface area contributed by atoms with E-state index in [0.717, 1.165) is 26.2 Å². The zero-order valence-corrected chi connectivity index (χ0v) is 10.2. The lowest BCUT2D eigenvalue weighted by Gasteiger charge is -2.18. The first-order chi connectivity index (χ1) is 7.35. The second-order valence-corrected chi connectivity index (χ2v) is 3.85. The minimum Gasteiger partial charge on any atom is -0.320 e. The summed E-state index contributed by atoms with van der Waals surface area (Å²) in [5.74, 6) is 0. The van der Waals surface area contributed by atoms with Gasteiger partial charge in [0.15, 0.2) is 0 Å². The van der Waals surface area contributed by atoms with E-state index in [1.165, 1.54) is 25.7 Å². The van der Waals surface area contributed by atoms with Crippen LogP contribution < -0.4 is 5.32 Å². The molecule has 0 heterocycles. The second-order valence-electron chi connectivity index (χ2n) is 3.85. The van der Waals surface area contributed by atoms with Crippen LogP contribution in [0.25, 0.3) is 0 Å². The third-order valence-electron chi connectivity index (χ3n) is 2.43. The number of nitrogens with one attached hydrogen (secondary N) is 1. The normalized spacial score (nSPS) is 10.5. The van der Waals surface area contributed by atoms with Crippen LogP contribution >= 0.6 is 0 Å². The number of nitrogens with zero attached hydrogens (tertiary/aromatic N) is 1. The Labute approximate surface area is 95.0 Å². The highest BCUT2D eigenvalue weighted by Gasteiger charge is 1.99. The summed E-state index contributed by atoms with van der Waals surface area (Å²) in [7, 11) is 2.01. The fourth-order valence-corrected chi connectivity index (χ4v) is 1.61. The number of hydrogen-bond acceptors (Lipinski definition) is 2. The average Bonchev–Trinajstić information content (AvgIpc) is 2.24. The van der Waals surface area contributed by atoms with Gasteiger partial charge in [-0.25, -0.2) is 0 Å². The summed E-state index contributed by atoms with van der Waals surface area (Å²) in [6.07, 6.45) is 9.16. The Balaban J connectivity index is 3.35. The van der Waals surface area contributed by atoms with Gasteiger partial charge >= 0.3 is 0 Å². The molecule has 15 heavy (non-hydrogen) atoms. The minimum atomic E-state index is 0.975. The van der Waals surface area contributed by atoms with Crippen LogP contribution in [0.1, 0.15) is 25.7 Å². The minimum absolute atomic E-state index is 0.975. The van der Waals surface area contributed by atoms with Crippen molar-refractivity contribution in [2.24, 2.45) is 0 Å². The Bertz CT molecular complexity index is 145. The predicted octanol–water partition coefficient (Wildman–Crippen LogP) is 2.44. The Kier molecular flexibility index (Phi) is 11.0. The highest BCUT2D eigenvalue weighted by Crippen LogP contribution is 2.01. The molecule has 0 amide bonds. The van der Waals surface area contributed by atoms with Crippen molar-refractivity contribution in [1.29, 1.82) is 0 Å². The molecule has 0 radical (unpaired) electrons. The summed E-state index contributed by atoms with van der Waals surface area (Å²) >= 11 is 0. The molecular weight excluding hydrogens is 184 g/mol. The SMILES string of the molecule is C=CCN(CC=C)CCCCCCNC. The van der Waals surface area contributed by atoms with E-state index in [-0.39, 0.29) is 0 Å². The molecule has 0 aliphatic heterocycles. The van der Waals surface area contributed by atoms with Crippen molar-refractivity contribution in [2.75, 3.05) is 33.2 Å². The molecule has 0 fully saturated rings. The summed E-state index contributed by atoms with van der Waals surface area (Å²) in [6, 6.07) is 0. The number of hydrogen-bond donors (Lipinski definition) is 1. The van der Waals surface area contributed by atoms with Crippen LogP contribution in [0.5, 0.6) is 0 Å². The summed E-state index contributed by atoms with van der Waals surface area (Å²) in [4.78, 5) is 2.37. The van der Waals surface area contributed by atoms with Gasteiger partial charge in [0.05, 0.1) is 0 Å². The van der Waals surface area contributed by atoms with E-state index in [0.29, 0.717) is 0 Å². The first-order valence-electron chi connectivity index (χ1n) is 5.94. The summed E-state index contributed by atoms with van der Waals surface area (Å²) in [5.41, 5.74) is 0. The number of unbranched alkanes of at least 4 members (excludes halogenated alkanes) is 3. The molecule has 0 spiro atoms. The molecule has 0 atom stereocenters. The lowest BCUT2D eigenvalue weighted by atomic mass is 10.2. The Morgan fingerprint density at radius 3 is 2.13 bits per heavy atom. The summed E-state index contributed by atoms with van der Waals surface area (Å²) < 4.78 is 0. The summed E-state index contributed by atoms with van der Waals surface area (Å²) in [5, 5.41) is 3.17. The van der Waals surface area contributed by atoms with Gasteiger partial charge in [-0.05, 0) is 33.0 Å². The monoisotopic (exact) mass is 210 g/mol. The van der Waals surface area contributed by atoms with E-state index in [4.69, 9.17) is 0 Å². The van der Waals surface area contributed by atoms with Crippen molar-refractivity contribution >= 4 is 0 Å². The molecule has 0 aromatic rings. The molecule has 0 saturated heterocycles. The van der Waals surface area contributed by atoms with Gasteiger partial charge in [-0.3, -0.25) is 4.90 Å². The Morgan fingerprint density at radius 1 is 1.00 bits per heavy atom. The fraction of sp³-hybridized carbons (Fsp3) is 0.692. The molecule has 0 unspecified atom stereocenters. The van der Waals surface area contributed by atoms with E-state index in [9.17, 15) is 0 Å². The smallest absolute Gasteiger partial charge is 0.0163 e. The third kappa shape index (κ3) is 9.70. The zero-order valence-electron chi connectivity index (χ0n) is 10.2. The van der Waals surface area contributed by atoms with Gasteiger partial charge in [0, 0.05) is 13.1 Å². The molecule has 0 aliphatic rings. The van der Waals surface area contributed by atoms with Gasteiger partial charge in [0.1, 0.15) is 0 Å². The van der Waals surface area contributed by atoms with E-state index < -0.39 is 0 Å². The van der Waals surface area contributed by atoms with Gasteiger partial charge in [-0.2, -0.15) is 0 Å².